The van der Waals surface area contributed by atoms with Crippen molar-refractivity contribution in [3.05, 3.63) is 124 Å². The topological polar surface area (TPSA) is 128 Å². The zero-order chi connectivity index (χ0) is 29.8. The number of nitro groups is 1. The quantitative estimate of drug-likeness (QED) is 0.0905. The second-order valence-corrected chi connectivity index (χ2v) is 9.36. The second kappa shape index (κ2) is 11.8. The summed E-state index contributed by atoms with van der Waals surface area (Å²) in [6.45, 7) is 4.11. The van der Waals surface area contributed by atoms with Crippen LogP contribution in [0, 0.1) is 10.1 Å². The molecule has 4 aromatic carbocycles. The molecule has 1 aliphatic heterocycles. The van der Waals surface area contributed by atoms with Crippen LogP contribution in [-0.4, -0.2) is 29.9 Å². The van der Waals surface area contributed by atoms with Gasteiger partial charge in [-0.15, -0.1) is 6.58 Å². The summed E-state index contributed by atoms with van der Waals surface area (Å²) >= 11 is 0. The van der Waals surface area contributed by atoms with Crippen LogP contribution in [0.2, 0.25) is 0 Å². The summed E-state index contributed by atoms with van der Waals surface area (Å²) in [5, 5.41) is 15.3. The second-order valence-electron chi connectivity index (χ2n) is 9.36. The van der Waals surface area contributed by atoms with E-state index in [-0.39, 0.29) is 23.6 Å². The molecule has 0 radical (unpaired) electrons. The zero-order valence-electron chi connectivity index (χ0n) is 22.5. The van der Waals surface area contributed by atoms with Crippen molar-refractivity contribution in [2.45, 2.75) is 13.0 Å². The van der Waals surface area contributed by atoms with Crippen LogP contribution in [0.3, 0.4) is 0 Å². The molecule has 0 unspecified atom stereocenters. The summed E-state index contributed by atoms with van der Waals surface area (Å²) in [5.74, 6) is -0.871. The van der Waals surface area contributed by atoms with E-state index < -0.39 is 22.8 Å². The number of hydrogen-bond acceptors (Lipinski definition) is 7. The van der Waals surface area contributed by atoms with E-state index in [1.54, 1.807) is 18.2 Å². The lowest BCUT2D eigenvalue weighted by molar-refractivity contribution is -0.384. The maximum Gasteiger partial charge on any atom is 0.335 e. The monoisotopic (exact) mass is 563 g/mol. The molecule has 0 saturated carbocycles. The highest BCUT2D eigenvalue weighted by Crippen LogP contribution is 2.36. The summed E-state index contributed by atoms with van der Waals surface area (Å²) in [6.07, 6.45) is 3.46. The maximum absolute atomic E-state index is 13.3. The molecule has 10 nitrogen and oxygen atoms in total. The molecule has 42 heavy (non-hydrogen) atoms. The number of amides is 4. The van der Waals surface area contributed by atoms with Crippen molar-refractivity contribution in [3.8, 4) is 11.5 Å². The first-order chi connectivity index (χ1) is 20.3. The molecule has 1 N–H and O–H groups in total. The average Bonchev–Trinajstić information content (AvgIpc) is 2.98. The van der Waals surface area contributed by atoms with Crippen molar-refractivity contribution in [2.24, 2.45) is 0 Å². The van der Waals surface area contributed by atoms with Gasteiger partial charge in [-0.25, -0.2) is 9.69 Å². The van der Waals surface area contributed by atoms with E-state index in [4.69, 9.17) is 9.47 Å². The number of hydrogen-bond donors (Lipinski definition) is 1. The van der Waals surface area contributed by atoms with Gasteiger partial charge in [0.25, 0.3) is 17.5 Å². The first-order valence-corrected chi connectivity index (χ1v) is 12.9. The van der Waals surface area contributed by atoms with Crippen molar-refractivity contribution in [3.63, 3.8) is 0 Å². The van der Waals surface area contributed by atoms with Gasteiger partial charge in [0.2, 0.25) is 0 Å². The number of nitro benzene ring substituents is 1. The molecular formula is C32H25N3O7. The predicted molar refractivity (Wildman–Crippen MR) is 157 cm³/mol. The summed E-state index contributed by atoms with van der Waals surface area (Å²) in [4.78, 5) is 49.8. The fraction of sp³-hybridized carbons (Fsp3) is 0.0938. The lowest BCUT2D eigenvalue weighted by atomic mass is 10.0. The van der Waals surface area contributed by atoms with Gasteiger partial charge in [-0.3, -0.25) is 25.0 Å². The van der Waals surface area contributed by atoms with Gasteiger partial charge in [0.15, 0.2) is 11.5 Å². The molecule has 1 aliphatic rings. The molecule has 10 heteroatoms. The van der Waals surface area contributed by atoms with Gasteiger partial charge in [-0.2, -0.15) is 0 Å². The van der Waals surface area contributed by atoms with Crippen LogP contribution in [0.15, 0.2) is 97.1 Å². The van der Waals surface area contributed by atoms with Gasteiger partial charge in [0, 0.05) is 17.7 Å². The Balaban J connectivity index is 1.48. The smallest absolute Gasteiger partial charge is 0.335 e. The van der Waals surface area contributed by atoms with E-state index >= 15 is 0 Å². The van der Waals surface area contributed by atoms with E-state index in [0.29, 0.717) is 29.0 Å². The molecule has 0 atom stereocenters. The molecule has 210 valence electrons. The minimum atomic E-state index is -0.960. The van der Waals surface area contributed by atoms with Crippen LogP contribution in [0.5, 0.6) is 11.5 Å². The third-order valence-corrected chi connectivity index (χ3v) is 6.72. The number of carbonyl (C=O) groups excluding carboxylic acids is 3. The molecule has 0 bridgehead atoms. The summed E-state index contributed by atoms with van der Waals surface area (Å²) < 4.78 is 11.9. The minimum Gasteiger partial charge on any atom is -0.493 e. The Bertz CT molecular complexity index is 1770. The van der Waals surface area contributed by atoms with E-state index in [1.807, 2.05) is 42.5 Å². The highest BCUT2D eigenvalue weighted by atomic mass is 16.6. The van der Waals surface area contributed by atoms with Gasteiger partial charge >= 0.3 is 6.03 Å². The van der Waals surface area contributed by atoms with Crippen LogP contribution in [0.25, 0.3) is 16.8 Å². The number of benzene rings is 4. The number of rotatable bonds is 9. The Hall–Kier alpha value is -5.77. The van der Waals surface area contributed by atoms with Crippen molar-refractivity contribution in [1.82, 2.24) is 5.32 Å². The lowest BCUT2D eigenvalue weighted by Gasteiger charge is -2.26. The van der Waals surface area contributed by atoms with Gasteiger partial charge in [0.1, 0.15) is 12.2 Å². The number of imide groups is 2. The molecule has 1 saturated heterocycles. The first kappa shape index (κ1) is 27.8. The van der Waals surface area contributed by atoms with Crippen LogP contribution in [0.4, 0.5) is 16.2 Å². The Morgan fingerprint density at radius 1 is 0.976 bits per heavy atom. The normalized spacial score (nSPS) is 14.2. The summed E-state index contributed by atoms with van der Waals surface area (Å²) in [6, 6.07) is 21.3. The number of anilines is 1. The number of methoxy groups -OCH3 is 1. The Labute approximate surface area is 240 Å². The summed E-state index contributed by atoms with van der Waals surface area (Å²) in [5.41, 5.74) is 1.72. The van der Waals surface area contributed by atoms with Crippen LogP contribution < -0.4 is 19.7 Å². The van der Waals surface area contributed by atoms with E-state index in [0.717, 1.165) is 21.2 Å². The third kappa shape index (κ3) is 5.46. The highest BCUT2D eigenvalue weighted by molar-refractivity contribution is 6.39. The number of fused-ring (bicyclic) bond motifs is 1. The maximum atomic E-state index is 13.3. The van der Waals surface area contributed by atoms with E-state index in [9.17, 15) is 24.5 Å². The van der Waals surface area contributed by atoms with E-state index in [2.05, 4.69) is 11.9 Å². The predicted octanol–water partition coefficient (Wildman–Crippen LogP) is 5.73. The van der Waals surface area contributed by atoms with Crippen molar-refractivity contribution >= 4 is 46.1 Å². The van der Waals surface area contributed by atoms with Crippen LogP contribution >= 0.6 is 0 Å². The number of barbiturate groups is 1. The molecule has 4 amide bonds. The molecule has 0 aliphatic carbocycles. The lowest BCUT2D eigenvalue weighted by Crippen LogP contribution is -2.54. The summed E-state index contributed by atoms with van der Waals surface area (Å²) in [7, 11) is 1.49. The number of nitrogens with zero attached hydrogens (tertiary/aromatic N) is 2. The Morgan fingerprint density at radius 2 is 1.71 bits per heavy atom. The van der Waals surface area contributed by atoms with E-state index in [1.165, 1.54) is 37.5 Å². The molecule has 0 aromatic heterocycles. The van der Waals surface area contributed by atoms with Crippen molar-refractivity contribution in [1.29, 1.82) is 0 Å². The third-order valence-electron chi connectivity index (χ3n) is 6.72. The van der Waals surface area contributed by atoms with Gasteiger partial charge < -0.3 is 9.47 Å². The Morgan fingerprint density at radius 3 is 2.43 bits per heavy atom. The molecule has 5 rings (SSSR count). The molecular weight excluding hydrogens is 538 g/mol. The van der Waals surface area contributed by atoms with Gasteiger partial charge in [0.05, 0.1) is 17.7 Å². The Kier molecular flexibility index (Phi) is 7.78. The molecule has 1 fully saturated rings. The SMILES string of the molecule is C=CCc1cc(/C=C2\C(=O)NC(=O)N(c3ccc([N+](=O)[O-])cc3)C2=O)cc(OC)c1OCc1cccc2ccccc12. The largest absolute Gasteiger partial charge is 0.493 e. The highest BCUT2D eigenvalue weighted by Gasteiger charge is 2.37. The fourth-order valence-electron chi connectivity index (χ4n) is 4.74. The van der Waals surface area contributed by atoms with Crippen molar-refractivity contribution < 1.29 is 28.8 Å². The molecule has 4 aromatic rings. The number of non-ortho nitro benzene ring substituents is 1. The first-order valence-electron chi connectivity index (χ1n) is 12.9. The molecule has 0 spiro atoms. The minimum absolute atomic E-state index is 0.0728. The van der Waals surface area contributed by atoms with Crippen LogP contribution in [-0.2, 0) is 22.6 Å². The number of ether oxygens (including phenoxy) is 2. The number of carbonyl (C=O) groups is 3. The number of urea groups is 1. The van der Waals surface area contributed by atoms with Gasteiger partial charge in [-0.05, 0) is 58.7 Å². The number of allylic oxidation sites excluding steroid dienone is 1. The zero-order valence-corrected chi connectivity index (χ0v) is 22.5. The van der Waals surface area contributed by atoms with Crippen molar-refractivity contribution in [2.75, 3.05) is 12.0 Å². The standard InChI is InChI=1S/C32H25N3O7/c1-3-7-22-16-20(18-28(41-2)29(22)42-19-23-10-6-9-21-8-4-5-11-26(21)23)17-27-30(36)33-32(38)34(31(27)37)24-12-14-25(15-13-24)35(39)40/h3-6,8-18H,1,7,19H2,2H3,(H,33,36,38)/b27-17+. The number of nitrogens with one attached hydrogen (secondary N) is 1. The van der Waals surface area contributed by atoms with Gasteiger partial charge in [-0.1, -0.05) is 48.5 Å². The fourth-order valence-corrected chi connectivity index (χ4v) is 4.74. The van der Waals surface area contributed by atoms with Crippen LogP contribution in [0.1, 0.15) is 16.7 Å². The molecule has 1 heterocycles. The average molecular weight is 564 g/mol.